The molecule has 2 aromatic heterocycles. The van der Waals surface area contributed by atoms with Crippen molar-refractivity contribution < 1.29 is 13.9 Å². The predicted molar refractivity (Wildman–Crippen MR) is 89.5 cm³/mol. The highest BCUT2D eigenvalue weighted by Gasteiger charge is 2.16. The van der Waals surface area contributed by atoms with Gasteiger partial charge in [-0.15, -0.1) is 10.2 Å². The number of aryl methyl sites for hydroxylation is 1. The lowest BCUT2D eigenvalue weighted by Gasteiger charge is -2.07. The van der Waals surface area contributed by atoms with E-state index in [1.165, 1.54) is 0 Å². The van der Waals surface area contributed by atoms with Crippen molar-refractivity contribution in [3.8, 4) is 11.5 Å². The molecule has 3 rings (SSSR count). The first-order chi connectivity index (χ1) is 11.7. The number of benzene rings is 1. The minimum atomic E-state index is -0.0416. The van der Waals surface area contributed by atoms with Crippen LogP contribution in [0.4, 0.5) is 0 Å². The number of ether oxygens (including phenoxy) is 1. The van der Waals surface area contributed by atoms with Gasteiger partial charge < -0.3 is 19.0 Å². The van der Waals surface area contributed by atoms with Crippen LogP contribution in [0.15, 0.2) is 34.9 Å². The predicted octanol–water partition coefficient (Wildman–Crippen LogP) is 2.15. The molecule has 0 spiro atoms. The molecule has 7 nitrogen and oxygen atoms in total. The molecule has 2 heterocycles. The van der Waals surface area contributed by atoms with Gasteiger partial charge in [-0.3, -0.25) is 4.79 Å². The largest absolute Gasteiger partial charge is 0.421 e. The van der Waals surface area contributed by atoms with Crippen LogP contribution in [0, 0.1) is 6.92 Å². The SMILES string of the molecule is COCCCNC(=O)Cn1cc(-c2nnc(C)o2)c2ccccc21. The van der Waals surface area contributed by atoms with E-state index in [1.807, 2.05) is 35.0 Å². The summed E-state index contributed by atoms with van der Waals surface area (Å²) in [5.74, 6) is 0.931. The molecule has 0 radical (unpaired) electrons. The molecule has 0 saturated carbocycles. The van der Waals surface area contributed by atoms with Gasteiger partial charge in [-0.25, -0.2) is 0 Å². The number of amides is 1. The van der Waals surface area contributed by atoms with Crippen LogP contribution < -0.4 is 5.32 Å². The smallest absolute Gasteiger partial charge is 0.249 e. The standard InChI is InChI=1S/C17H20N4O3/c1-12-19-20-17(24-12)14-10-21(15-7-4-3-6-13(14)15)11-16(22)18-8-5-9-23-2/h3-4,6-7,10H,5,8-9,11H2,1-2H3,(H,18,22). The Kier molecular flexibility index (Phi) is 4.90. The van der Waals surface area contributed by atoms with Crippen molar-refractivity contribution in [1.29, 1.82) is 0 Å². The Morgan fingerprint density at radius 1 is 1.33 bits per heavy atom. The third-order valence-corrected chi connectivity index (χ3v) is 3.71. The highest BCUT2D eigenvalue weighted by molar-refractivity contribution is 5.94. The molecule has 3 aromatic rings. The van der Waals surface area contributed by atoms with Crippen LogP contribution in [-0.4, -0.2) is 40.9 Å². The van der Waals surface area contributed by atoms with E-state index < -0.39 is 0 Å². The van der Waals surface area contributed by atoms with Crippen molar-refractivity contribution in [3.63, 3.8) is 0 Å². The minimum absolute atomic E-state index is 0.0416. The first-order valence-electron chi connectivity index (χ1n) is 7.83. The van der Waals surface area contributed by atoms with Crippen LogP contribution in [-0.2, 0) is 16.1 Å². The van der Waals surface area contributed by atoms with Gasteiger partial charge in [0.2, 0.25) is 17.7 Å². The number of hydrogen-bond acceptors (Lipinski definition) is 5. The van der Waals surface area contributed by atoms with E-state index in [9.17, 15) is 4.79 Å². The Morgan fingerprint density at radius 2 is 2.17 bits per heavy atom. The molecule has 7 heteroatoms. The molecule has 1 N–H and O–H groups in total. The number of nitrogens with one attached hydrogen (secondary N) is 1. The maximum atomic E-state index is 12.1. The summed E-state index contributed by atoms with van der Waals surface area (Å²) in [6.45, 7) is 3.22. The number of nitrogens with zero attached hydrogens (tertiary/aromatic N) is 3. The molecule has 24 heavy (non-hydrogen) atoms. The van der Waals surface area contributed by atoms with Gasteiger partial charge in [-0.05, 0) is 12.5 Å². The maximum absolute atomic E-state index is 12.1. The summed E-state index contributed by atoms with van der Waals surface area (Å²) in [7, 11) is 1.65. The van der Waals surface area contributed by atoms with E-state index in [0.29, 0.717) is 24.9 Å². The Bertz CT molecular complexity index is 837. The lowest BCUT2D eigenvalue weighted by molar-refractivity contribution is -0.121. The average molecular weight is 328 g/mol. The normalized spacial score (nSPS) is 11.1. The number of para-hydroxylation sites is 1. The topological polar surface area (TPSA) is 82.2 Å². The highest BCUT2D eigenvalue weighted by Crippen LogP contribution is 2.29. The van der Waals surface area contributed by atoms with Gasteiger partial charge >= 0.3 is 0 Å². The van der Waals surface area contributed by atoms with E-state index in [1.54, 1.807) is 14.0 Å². The van der Waals surface area contributed by atoms with Gasteiger partial charge in [-0.1, -0.05) is 18.2 Å². The summed E-state index contributed by atoms with van der Waals surface area (Å²) in [5, 5.41) is 11.8. The second-order valence-electron chi connectivity index (χ2n) is 5.51. The zero-order valence-corrected chi connectivity index (χ0v) is 13.8. The van der Waals surface area contributed by atoms with Crippen molar-refractivity contribution in [1.82, 2.24) is 20.1 Å². The van der Waals surface area contributed by atoms with Crippen molar-refractivity contribution in [2.24, 2.45) is 0 Å². The number of rotatable bonds is 7. The van der Waals surface area contributed by atoms with Crippen LogP contribution in [0.2, 0.25) is 0 Å². The summed E-state index contributed by atoms with van der Waals surface area (Å²) in [5.41, 5.74) is 1.79. The zero-order valence-electron chi connectivity index (χ0n) is 13.8. The molecule has 0 aliphatic rings. The molecule has 0 aliphatic carbocycles. The van der Waals surface area contributed by atoms with Crippen molar-refractivity contribution in [2.75, 3.05) is 20.3 Å². The number of carbonyl (C=O) groups excluding carboxylic acids is 1. The minimum Gasteiger partial charge on any atom is -0.421 e. The number of hydrogen-bond donors (Lipinski definition) is 1. The fraction of sp³-hybridized carbons (Fsp3) is 0.353. The Hall–Kier alpha value is -2.67. The zero-order chi connectivity index (χ0) is 16.9. The third-order valence-electron chi connectivity index (χ3n) is 3.71. The van der Waals surface area contributed by atoms with E-state index in [2.05, 4.69) is 15.5 Å². The summed E-state index contributed by atoms with van der Waals surface area (Å²) in [6.07, 6.45) is 2.67. The number of methoxy groups -OCH3 is 1. The second-order valence-corrected chi connectivity index (χ2v) is 5.51. The van der Waals surface area contributed by atoms with Crippen LogP contribution in [0.5, 0.6) is 0 Å². The van der Waals surface area contributed by atoms with Crippen LogP contribution >= 0.6 is 0 Å². The van der Waals surface area contributed by atoms with E-state index >= 15 is 0 Å². The Morgan fingerprint density at radius 3 is 2.92 bits per heavy atom. The van der Waals surface area contributed by atoms with E-state index in [-0.39, 0.29) is 12.5 Å². The van der Waals surface area contributed by atoms with Crippen molar-refractivity contribution in [2.45, 2.75) is 19.9 Å². The summed E-state index contributed by atoms with van der Waals surface area (Å²) in [6, 6.07) is 7.85. The molecule has 0 fully saturated rings. The molecule has 1 aromatic carbocycles. The average Bonchev–Trinajstić information content (AvgIpc) is 3.16. The van der Waals surface area contributed by atoms with Gasteiger partial charge in [0.1, 0.15) is 6.54 Å². The Balaban J connectivity index is 1.82. The van der Waals surface area contributed by atoms with Crippen molar-refractivity contribution >= 4 is 16.8 Å². The molecule has 0 unspecified atom stereocenters. The number of aromatic nitrogens is 3. The van der Waals surface area contributed by atoms with E-state index in [4.69, 9.17) is 9.15 Å². The fourth-order valence-corrected chi connectivity index (χ4v) is 2.61. The number of fused-ring (bicyclic) bond motifs is 1. The first kappa shape index (κ1) is 16.2. The molecule has 0 aliphatic heterocycles. The molecular weight excluding hydrogens is 308 g/mol. The lowest BCUT2D eigenvalue weighted by atomic mass is 10.2. The first-order valence-corrected chi connectivity index (χ1v) is 7.83. The lowest BCUT2D eigenvalue weighted by Crippen LogP contribution is -2.28. The van der Waals surface area contributed by atoms with Crippen LogP contribution in [0.25, 0.3) is 22.4 Å². The van der Waals surface area contributed by atoms with Gasteiger partial charge in [0, 0.05) is 44.3 Å². The summed E-state index contributed by atoms with van der Waals surface area (Å²) < 4.78 is 12.4. The molecule has 126 valence electrons. The fourth-order valence-electron chi connectivity index (χ4n) is 2.61. The Labute approximate surface area is 139 Å². The number of carbonyl (C=O) groups is 1. The molecule has 0 bridgehead atoms. The second kappa shape index (κ2) is 7.27. The van der Waals surface area contributed by atoms with Gasteiger partial charge in [0.05, 0.1) is 5.56 Å². The molecule has 0 atom stereocenters. The molecule has 1 amide bonds. The maximum Gasteiger partial charge on any atom is 0.249 e. The van der Waals surface area contributed by atoms with Gasteiger partial charge in [0.25, 0.3) is 0 Å². The summed E-state index contributed by atoms with van der Waals surface area (Å²) >= 11 is 0. The van der Waals surface area contributed by atoms with Crippen LogP contribution in [0.1, 0.15) is 12.3 Å². The monoisotopic (exact) mass is 328 g/mol. The van der Waals surface area contributed by atoms with Gasteiger partial charge in [0.15, 0.2) is 0 Å². The van der Waals surface area contributed by atoms with Gasteiger partial charge in [-0.2, -0.15) is 0 Å². The van der Waals surface area contributed by atoms with Crippen molar-refractivity contribution in [3.05, 3.63) is 36.4 Å². The van der Waals surface area contributed by atoms with E-state index in [0.717, 1.165) is 22.9 Å². The molecule has 0 saturated heterocycles. The highest BCUT2D eigenvalue weighted by atomic mass is 16.5. The summed E-state index contributed by atoms with van der Waals surface area (Å²) in [4.78, 5) is 12.1. The third kappa shape index (κ3) is 3.46. The molecular formula is C17H20N4O3. The quantitative estimate of drug-likeness (QED) is 0.672. The van der Waals surface area contributed by atoms with Crippen LogP contribution in [0.3, 0.4) is 0 Å².